The van der Waals surface area contributed by atoms with E-state index in [4.69, 9.17) is 9.47 Å². The quantitative estimate of drug-likeness (QED) is 0.906. The van der Waals surface area contributed by atoms with Crippen molar-refractivity contribution in [3.8, 4) is 0 Å². The summed E-state index contributed by atoms with van der Waals surface area (Å²) in [6, 6.07) is 3.91. The third-order valence-electron chi connectivity index (χ3n) is 4.05. The Labute approximate surface area is 121 Å². The topological polar surface area (TPSA) is 51.6 Å². The molecule has 1 N–H and O–H groups in total. The van der Waals surface area contributed by atoms with Gasteiger partial charge in [0.25, 0.3) is 0 Å². The summed E-state index contributed by atoms with van der Waals surface area (Å²) in [6.45, 7) is 1.35. The lowest BCUT2D eigenvalue weighted by Crippen LogP contribution is -2.44. The molecule has 3 rings (SSSR count). The first-order valence-corrected chi connectivity index (χ1v) is 7.49. The third-order valence-corrected chi connectivity index (χ3v) is 4.52. The number of aliphatic hydroxyl groups is 1. The first-order chi connectivity index (χ1) is 9.09. The molecule has 1 aliphatic heterocycles. The van der Waals surface area contributed by atoms with Crippen LogP contribution in [0.15, 0.2) is 22.8 Å². The Morgan fingerprint density at radius 2 is 1.84 bits per heavy atom. The summed E-state index contributed by atoms with van der Waals surface area (Å²) in [7, 11) is 0. The van der Waals surface area contributed by atoms with Crippen molar-refractivity contribution in [3.63, 3.8) is 0 Å². The molecule has 1 aromatic heterocycles. The van der Waals surface area contributed by atoms with Gasteiger partial charge in [0, 0.05) is 35.6 Å². The molecule has 19 heavy (non-hydrogen) atoms. The molecule has 104 valence electrons. The summed E-state index contributed by atoms with van der Waals surface area (Å²) in [5, 5.41) is 10.7. The van der Waals surface area contributed by atoms with Gasteiger partial charge in [-0.15, -0.1) is 0 Å². The molecule has 2 aliphatic rings. The van der Waals surface area contributed by atoms with Crippen LogP contribution in [-0.4, -0.2) is 34.7 Å². The minimum absolute atomic E-state index is 0.417. The Balaban J connectivity index is 1.63. The number of ether oxygens (including phenoxy) is 2. The minimum atomic E-state index is -0.679. The van der Waals surface area contributed by atoms with Gasteiger partial charge in [-0.3, -0.25) is 4.98 Å². The highest BCUT2D eigenvalue weighted by atomic mass is 79.9. The van der Waals surface area contributed by atoms with Gasteiger partial charge >= 0.3 is 0 Å². The molecule has 1 aromatic rings. The van der Waals surface area contributed by atoms with Crippen LogP contribution in [0.2, 0.25) is 0 Å². The number of hydrogen-bond donors (Lipinski definition) is 1. The molecule has 1 spiro atoms. The van der Waals surface area contributed by atoms with E-state index in [1.165, 1.54) is 0 Å². The van der Waals surface area contributed by atoms with Gasteiger partial charge < -0.3 is 14.6 Å². The molecular weight excluding hydrogens is 310 g/mol. The van der Waals surface area contributed by atoms with Gasteiger partial charge in [0.15, 0.2) is 5.79 Å². The van der Waals surface area contributed by atoms with Gasteiger partial charge in [0.1, 0.15) is 0 Å². The zero-order valence-electron chi connectivity index (χ0n) is 10.8. The molecule has 0 atom stereocenters. The summed E-state index contributed by atoms with van der Waals surface area (Å²) >= 11 is 3.37. The van der Waals surface area contributed by atoms with Gasteiger partial charge in [-0.2, -0.15) is 0 Å². The fourth-order valence-electron chi connectivity index (χ4n) is 2.91. The maximum absolute atomic E-state index is 10.7. The van der Waals surface area contributed by atoms with E-state index in [1.54, 1.807) is 6.20 Å². The standard InChI is InChI=1S/C14H18BrNO3/c15-11-1-2-12(16-10-11)9-13(17)3-5-14(6-4-13)18-7-8-19-14/h1-2,10,17H,3-9H2. The Hall–Kier alpha value is -0.490. The number of aromatic nitrogens is 1. The monoisotopic (exact) mass is 327 g/mol. The lowest BCUT2D eigenvalue weighted by Gasteiger charge is -2.40. The first-order valence-electron chi connectivity index (χ1n) is 6.70. The van der Waals surface area contributed by atoms with E-state index in [1.807, 2.05) is 12.1 Å². The van der Waals surface area contributed by atoms with E-state index in [2.05, 4.69) is 20.9 Å². The lowest BCUT2D eigenvalue weighted by atomic mass is 9.78. The van der Waals surface area contributed by atoms with Gasteiger partial charge in [-0.05, 0) is 40.9 Å². The summed E-state index contributed by atoms with van der Waals surface area (Å²) in [6.07, 6.45) is 5.29. The maximum atomic E-state index is 10.7. The van der Waals surface area contributed by atoms with Crippen molar-refractivity contribution < 1.29 is 14.6 Å². The number of halogens is 1. The van der Waals surface area contributed by atoms with Crippen LogP contribution in [-0.2, 0) is 15.9 Å². The summed E-state index contributed by atoms with van der Waals surface area (Å²) < 4.78 is 12.3. The third kappa shape index (κ3) is 2.99. The average molecular weight is 328 g/mol. The first kappa shape index (κ1) is 13.5. The molecule has 4 nitrogen and oxygen atoms in total. The number of pyridine rings is 1. The van der Waals surface area contributed by atoms with Crippen LogP contribution in [0, 0.1) is 0 Å². The predicted molar refractivity (Wildman–Crippen MR) is 73.7 cm³/mol. The van der Waals surface area contributed by atoms with E-state index in [0.717, 1.165) is 23.0 Å². The molecule has 0 unspecified atom stereocenters. The smallest absolute Gasteiger partial charge is 0.168 e. The van der Waals surface area contributed by atoms with Crippen molar-refractivity contribution in [1.29, 1.82) is 0 Å². The molecule has 5 heteroatoms. The van der Waals surface area contributed by atoms with Gasteiger partial charge in [0.2, 0.25) is 0 Å². The molecule has 1 saturated heterocycles. The van der Waals surface area contributed by atoms with Crippen LogP contribution in [0.25, 0.3) is 0 Å². The van der Waals surface area contributed by atoms with Crippen molar-refractivity contribution in [3.05, 3.63) is 28.5 Å². The highest BCUT2D eigenvalue weighted by molar-refractivity contribution is 9.10. The highest BCUT2D eigenvalue weighted by Gasteiger charge is 2.45. The van der Waals surface area contributed by atoms with Crippen molar-refractivity contribution in [2.75, 3.05) is 13.2 Å². The number of nitrogens with zero attached hydrogens (tertiary/aromatic N) is 1. The Morgan fingerprint density at radius 3 is 2.42 bits per heavy atom. The van der Waals surface area contributed by atoms with E-state index >= 15 is 0 Å². The van der Waals surface area contributed by atoms with Crippen LogP contribution in [0.4, 0.5) is 0 Å². The second kappa shape index (κ2) is 5.13. The molecule has 0 aromatic carbocycles. The largest absolute Gasteiger partial charge is 0.389 e. The SMILES string of the molecule is OC1(Cc2ccc(Br)cn2)CCC2(CC1)OCCO2. The van der Waals surface area contributed by atoms with Crippen LogP contribution in [0.3, 0.4) is 0 Å². The Morgan fingerprint density at radius 1 is 1.16 bits per heavy atom. The zero-order chi connectivity index (χ0) is 13.3. The second-order valence-electron chi connectivity index (χ2n) is 5.48. The van der Waals surface area contributed by atoms with Crippen LogP contribution in [0.5, 0.6) is 0 Å². The van der Waals surface area contributed by atoms with Crippen molar-refractivity contribution in [1.82, 2.24) is 4.98 Å². The van der Waals surface area contributed by atoms with Crippen LogP contribution in [0.1, 0.15) is 31.4 Å². The van der Waals surface area contributed by atoms with Gasteiger partial charge in [-0.1, -0.05) is 0 Å². The minimum Gasteiger partial charge on any atom is -0.389 e. The highest BCUT2D eigenvalue weighted by Crippen LogP contribution is 2.41. The van der Waals surface area contributed by atoms with Gasteiger partial charge in [0.05, 0.1) is 18.8 Å². The van der Waals surface area contributed by atoms with Gasteiger partial charge in [-0.25, -0.2) is 0 Å². The van der Waals surface area contributed by atoms with Crippen LogP contribution >= 0.6 is 15.9 Å². The summed E-state index contributed by atoms with van der Waals surface area (Å²) in [5.74, 6) is -0.417. The van der Waals surface area contributed by atoms with E-state index in [0.29, 0.717) is 32.5 Å². The number of hydrogen-bond acceptors (Lipinski definition) is 4. The summed E-state index contributed by atoms with van der Waals surface area (Å²) in [4.78, 5) is 4.34. The molecule has 0 radical (unpaired) electrons. The zero-order valence-corrected chi connectivity index (χ0v) is 12.4. The molecule has 0 amide bonds. The van der Waals surface area contributed by atoms with Crippen molar-refractivity contribution in [2.24, 2.45) is 0 Å². The Kier molecular flexibility index (Phi) is 3.64. The fourth-order valence-corrected chi connectivity index (χ4v) is 3.14. The molecule has 2 heterocycles. The van der Waals surface area contributed by atoms with Crippen molar-refractivity contribution >= 4 is 15.9 Å². The average Bonchev–Trinajstić information content (AvgIpc) is 2.86. The molecule has 1 aliphatic carbocycles. The maximum Gasteiger partial charge on any atom is 0.168 e. The predicted octanol–water partition coefficient (Wildman–Crippen LogP) is 2.43. The number of rotatable bonds is 2. The Bertz CT molecular complexity index is 433. The lowest BCUT2D eigenvalue weighted by molar-refractivity contribution is -0.202. The van der Waals surface area contributed by atoms with Crippen molar-refractivity contribution in [2.45, 2.75) is 43.5 Å². The fraction of sp³-hybridized carbons (Fsp3) is 0.643. The van der Waals surface area contributed by atoms with E-state index in [-0.39, 0.29) is 0 Å². The molecule has 1 saturated carbocycles. The second-order valence-corrected chi connectivity index (χ2v) is 6.39. The summed E-state index contributed by atoms with van der Waals surface area (Å²) in [5.41, 5.74) is 0.247. The normalized spacial score (nSPS) is 24.7. The molecule has 0 bridgehead atoms. The molecule has 2 fully saturated rings. The molecular formula is C14H18BrNO3. The van der Waals surface area contributed by atoms with E-state index < -0.39 is 11.4 Å². The van der Waals surface area contributed by atoms with E-state index in [9.17, 15) is 5.11 Å². The van der Waals surface area contributed by atoms with Crippen LogP contribution < -0.4 is 0 Å².